The summed E-state index contributed by atoms with van der Waals surface area (Å²) in [6.45, 7) is 4.47. The quantitative estimate of drug-likeness (QED) is 0.436. The average Bonchev–Trinajstić information content (AvgIpc) is 2.70. The molecule has 3 aromatic carbocycles. The van der Waals surface area contributed by atoms with Gasteiger partial charge in [0, 0.05) is 23.5 Å². The largest absolute Gasteiger partial charge is 0.489 e. The van der Waals surface area contributed by atoms with Crippen molar-refractivity contribution in [2.75, 3.05) is 5.32 Å². The fourth-order valence-corrected chi connectivity index (χ4v) is 2.69. The van der Waals surface area contributed by atoms with Gasteiger partial charge in [0.25, 0.3) is 0 Å². The van der Waals surface area contributed by atoms with E-state index in [0.29, 0.717) is 6.61 Å². The van der Waals surface area contributed by atoms with Crippen LogP contribution in [0.25, 0.3) is 0 Å². The third kappa shape index (κ3) is 5.32. The maximum Gasteiger partial charge on any atom is 0.187 e. The molecule has 0 aliphatic carbocycles. The van der Waals surface area contributed by atoms with Gasteiger partial charge in [-0.05, 0) is 55.3 Å². The number of aryl methyl sites for hydroxylation is 2. The highest BCUT2D eigenvalue weighted by Gasteiger charge is 2.05. The first-order valence-corrected chi connectivity index (χ1v) is 8.93. The molecule has 27 heavy (non-hydrogen) atoms. The molecule has 0 atom stereocenters. The lowest BCUT2D eigenvalue weighted by atomic mass is 10.0. The van der Waals surface area contributed by atoms with Gasteiger partial charge in [-0.3, -0.25) is 4.79 Å². The van der Waals surface area contributed by atoms with Crippen molar-refractivity contribution in [2.45, 2.75) is 20.5 Å². The normalized spacial score (nSPS) is 10.7. The van der Waals surface area contributed by atoms with Crippen LogP contribution in [0.1, 0.15) is 27.0 Å². The van der Waals surface area contributed by atoms with E-state index in [4.69, 9.17) is 4.74 Å². The Labute approximate surface area is 160 Å². The summed E-state index contributed by atoms with van der Waals surface area (Å²) < 4.78 is 5.77. The number of rotatable bonds is 7. The van der Waals surface area contributed by atoms with E-state index >= 15 is 0 Å². The lowest BCUT2D eigenvalue weighted by Gasteiger charge is -2.07. The van der Waals surface area contributed by atoms with Gasteiger partial charge in [0.05, 0.1) is 0 Å². The fraction of sp³-hybridized carbons (Fsp3) is 0.125. The fourth-order valence-electron chi connectivity index (χ4n) is 2.69. The lowest BCUT2D eigenvalue weighted by Crippen LogP contribution is -2.00. The Morgan fingerprint density at radius 1 is 0.963 bits per heavy atom. The molecule has 3 heteroatoms. The molecule has 0 aliphatic rings. The van der Waals surface area contributed by atoms with Crippen LogP contribution < -0.4 is 10.1 Å². The number of nitrogens with one attached hydrogen (secondary N) is 1. The van der Waals surface area contributed by atoms with E-state index in [-0.39, 0.29) is 5.78 Å². The number of allylic oxidation sites excluding steroid dienone is 1. The van der Waals surface area contributed by atoms with E-state index in [0.717, 1.165) is 33.7 Å². The Kier molecular flexibility index (Phi) is 6.06. The van der Waals surface area contributed by atoms with Gasteiger partial charge in [-0.1, -0.05) is 48.0 Å². The molecule has 136 valence electrons. The Balaban J connectivity index is 1.54. The minimum atomic E-state index is -0.00786. The summed E-state index contributed by atoms with van der Waals surface area (Å²) in [5.41, 5.74) is 4.82. The van der Waals surface area contributed by atoms with Crippen LogP contribution in [0.15, 0.2) is 85.1 Å². The van der Waals surface area contributed by atoms with Crippen LogP contribution in [0.4, 0.5) is 5.69 Å². The number of ketones is 1. The average molecular weight is 357 g/mol. The van der Waals surface area contributed by atoms with Crippen molar-refractivity contribution in [3.8, 4) is 5.75 Å². The standard InChI is InChI=1S/C24H23NO2/c1-18-8-9-19(2)23(16-18)24(26)14-15-25-21-10-12-22(13-11-21)27-17-20-6-4-3-5-7-20/h3-16,25H,17H2,1-2H3. The van der Waals surface area contributed by atoms with Crippen LogP contribution in [0.5, 0.6) is 5.75 Å². The number of hydrogen-bond donors (Lipinski definition) is 1. The van der Waals surface area contributed by atoms with Crippen molar-refractivity contribution >= 4 is 11.5 Å². The van der Waals surface area contributed by atoms with E-state index in [1.54, 1.807) is 12.3 Å². The summed E-state index contributed by atoms with van der Waals surface area (Å²) in [7, 11) is 0. The third-order valence-electron chi connectivity index (χ3n) is 4.25. The summed E-state index contributed by atoms with van der Waals surface area (Å²) in [5.74, 6) is 0.798. The highest BCUT2D eigenvalue weighted by atomic mass is 16.5. The van der Waals surface area contributed by atoms with Gasteiger partial charge in [0.2, 0.25) is 0 Å². The van der Waals surface area contributed by atoms with Gasteiger partial charge in [-0.25, -0.2) is 0 Å². The molecule has 3 aromatic rings. The molecule has 0 saturated heterocycles. The molecule has 3 nitrogen and oxygen atoms in total. The van der Waals surface area contributed by atoms with Gasteiger partial charge in [0.1, 0.15) is 12.4 Å². The van der Waals surface area contributed by atoms with Gasteiger partial charge in [-0.2, -0.15) is 0 Å². The van der Waals surface area contributed by atoms with Crippen LogP contribution in [-0.4, -0.2) is 5.78 Å². The SMILES string of the molecule is Cc1ccc(C)c(C(=O)C=CNc2ccc(OCc3ccccc3)cc2)c1. The molecule has 0 saturated carbocycles. The van der Waals surface area contributed by atoms with Crippen molar-refractivity contribution in [1.29, 1.82) is 0 Å². The first-order valence-electron chi connectivity index (χ1n) is 8.93. The molecular formula is C24H23NO2. The summed E-state index contributed by atoms with van der Waals surface area (Å²) in [6.07, 6.45) is 3.23. The number of carbonyl (C=O) groups excluding carboxylic acids is 1. The second kappa shape index (κ2) is 8.86. The molecule has 3 rings (SSSR count). The van der Waals surface area contributed by atoms with Crippen molar-refractivity contribution < 1.29 is 9.53 Å². The van der Waals surface area contributed by atoms with Crippen molar-refractivity contribution in [3.63, 3.8) is 0 Å². The van der Waals surface area contributed by atoms with Crippen LogP contribution in [0.2, 0.25) is 0 Å². The monoisotopic (exact) mass is 357 g/mol. The highest BCUT2D eigenvalue weighted by Crippen LogP contribution is 2.17. The number of carbonyl (C=O) groups is 1. The Morgan fingerprint density at radius 2 is 1.70 bits per heavy atom. The Hall–Kier alpha value is -3.33. The number of benzene rings is 3. The van der Waals surface area contributed by atoms with Crippen molar-refractivity contribution in [3.05, 3.63) is 107 Å². The smallest absolute Gasteiger partial charge is 0.187 e. The molecule has 0 fully saturated rings. The molecule has 0 radical (unpaired) electrons. The van der Waals surface area contributed by atoms with E-state index < -0.39 is 0 Å². The van der Waals surface area contributed by atoms with Crippen molar-refractivity contribution in [1.82, 2.24) is 0 Å². The second-order valence-electron chi connectivity index (χ2n) is 6.46. The zero-order valence-electron chi connectivity index (χ0n) is 15.6. The minimum absolute atomic E-state index is 0.00786. The zero-order chi connectivity index (χ0) is 19.1. The van der Waals surface area contributed by atoms with Gasteiger partial charge in [-0.15, -0.1) is 0 Å². The van der Waals surface area contributed by atoms with Gasteiger partial charge < -0.3 is 10.1 Å². The van der Waals surface area contributed by atoms with Crippen LogP contribution in [-0.2, 0) is 6.61 Å². The molecule has 0 aliphatic heterocycles. The molecule has 0 amide bonds. The molecule has 0 bridgehead atoms. The first-order chi connectivity index (χ1) is 13.1. The number of hydrogen-bond acceptors (Lipinski definition) is 3. The molecule has 1 N–H and O–H groups in total. The number of anilines is 1. The second-order valence-corrected chi connectivity index (χ2v) is 6.46. The summed E-state index contributed by atoms with van der Waals surface area (Å²) in [6, 6.07) is 23.6. The lowest BCUT2D eigenvalue weighted by molar-refractivity contribution is 0.104. The van der Waals surface area contributed by atoms with Crippen LogP contribution >= 0.6 is 0 Å². The van der Waals surface area contributed by atoms with E-state index in [1.165, 1.54) is 0 Å². The summed E-state index contributed by atoms with van der Waals surface area (Å²) >= 11 is 0. The van der Waals surface area contributed by atoms with Crippen LogP contribution in [0.3, 0.4) is 0 Å². The van der Waals surface area contributed by atoms with E-state index in [2.05, 4.69) is 5.32 Å². The van der Waals surface area contributed by atoms with Gasteiger partial charge >= 0.3 is 0 Å². The van der Waals surface area contributed by atoms with Gasteiger partial charge in [0.15, 0.2) is 5.78 Å². The minimum Gasteiger partial charge on any atom is -0.489 e. The third-order valence-corrected chi connectivity index (χ3v) is 4.25. The van der Waals surface area contributed by atoms with E-state index in [9.17, 15) is 4.79 Å². The maximum atomic E-state index is 12.3. The molecule has 0 aromatic heterocycles. The predicted molar refractivity (Wildman–Crippen MR) is 110 cm³/mol. The Morgan fingerprint density at radius 3 is 2.44 bits per heavy atom. The Bertz CT molecular complexity index is 928. The summed E-state index contributed by atoms with van der Waals surface area (Å²) in [4.78, 5) is 12.3. The van der Waals surface area contributed by atoms with Crippen molar-refractivity contribution in [2.24, 2.45) is 0 Å². The highest BCUT2D eigenvalue weighted by molar-refractivity contribution is 6.05. The molecular weight excluding hydrogens is 334 g/mol. The predicted octanol–water partition coefficient (Wildman–Crippen LogP) is 5.69. The zero-order valence-corrected chi connectivity index (χ0v) is 15.6. The summed E-state index contributed by atoms with van der Waals surface area (Å²) in [5, 5.41) is 3.12. The molecule has 0 spiro atoms. The first kappa shape index (κ1) is 18.5. The van der Waals surface area contributed by atoms with E-state index in [1.807, 2.05) is 86.6 Å². The van der Waals surface area contributed by atoms with Crippen LogP contribution in [0, 0.1) is 13.8 Å². The maximum absolute atomic E-state index is 12.3. The number of ether oxygens (including phenoxy) is 1. The molecule has 0 heterocycles. The topological polar surface area (TPSA) is 38.3 Å². The molecule has 0 unspecified atom stereocenters.